The molecule has 2 aliphatic rings. The van der Waals surface area contributed by atoms with Crippen LogP contribution < -0.4 is 5.32 Å². The average Bonchev–Trinajstić information content (AvgIpc) is 2.83. The van der Waals surface area contributed by atoms with Crippen LogP contribution in [0.4, 0.5) is 0 Å². The highest BCUT2D eigenvalue weighted by molar-refractivity contribution is 7.89. The monoisotopic (exact) mass is 487 g/mol. The Morgan fingerprint density at radius 3 is 2.24 bits per heavy atom. The molecule has 2 fully saturated rings. The predicted molar refractivity (Wildman–Crippen MR) is 129 cm³/mol. The zero-order chi connectivity index (χ0) is 24.1. The highest BCUT2D eigenvalue weighted by Gasteiger charge is 2.32. The fourth-order valence-electron chi connectivity index (χ4n) is 4.42. The van der Waals surface area contributed by atoms with Crippen LogP contribution in [0.3, 0.4) is 0 Å². The largest absolute Gasteiger partial charge is 0.379 e. The fourth-order valence-corrected chi connectivity index (χ4v) is 6.01. The number of rotatable bonds is 7. The Kier molecular flexibility index (Phi) is 8.00. The van der Waals surface area contributed by atoms with E-state index >= 15 is 0 Å². The predicted octanol–water partition coefficient (Wildman–Crippen LogP) is 2.25. The number of hydrogen-bond acceptors (Lipinski definition) is 6. The SMILES string of the molecule is C[C@@H]1CN(S(=O)(=O)c2ccc(C(=O)NCc3ccccc3CN3CCOCC3)cc2)C[C@H](C)O1. The van der Waals surface area contributed by atoms with Crippen molar-refractivity contribution in [2.75, 3.05) is 39.4 Å². The van der Waals surface area contributed by atoms with Crippen LogP contribution in [0.5, 0.6) is 0 Å². The molecular formula is C25H33N3O5S. The Labute approximate surface area is 201 Å². The van der Waals surface area contributed by atoms with Gasteiger partial charge in [-0.1, -0.05) is 24.3 Å². The third-order valence-electron chi connectivity index (χ3n) is 6.20. The Bertz CT molecular complexity index is 1070. The van der Waals surface area contributed by atoms with Gasteiger partial charge in [0.15, 0.2) is 0 Å². The van der Waals surface area contributed by atoms with Crippen molar-refractivity contribution in [1.29, 1.82) is 0 Å². The zero-order valence-electron chi connectivity index (χ0n) is 19.8. The Morgan fingerprint density at radius 1 is 0.971 bits per heavy atom. The van der Waals surface area contributed by atoms with Crippen molar-refractivity contribution in [2.24, 2.45) is 0 Å². The molecule has 1 amide bonds. The molecule has 9 heteroatoms. The Morgan fingerprint density at radius 2 is 1.59 bits per heavy atom. The lowest BCUT2D eigenvalue weighted by Gasteiger charge is -2.34. The van der Waals surface area contributed by atoms with Gasteiger partial charge in [0.1, 0.15) is 0 Å². The maximum atomic E-state index is 13.0. The molecule has 2 heterocycles. The number of carbonyl (C=O) groups excluding carboxylic acids is 1. The second kappa shape index (κ2) is 11.0. The number of amides is 1. The van der Waals surface area contributed by atoms with Gasteiger partial charge in [-0.15, -0.1) is 0 Å². The van der Waals surface area contributed by atoms with Crippen LogP contribution >= 0.6 is 0 Å². The molecule has 34 heavy (non-hydrogen) atoms. The normalized spacial score (nSPS) is 22.4. The standard InChI is InChI=1S/C25H33N3O5S/c1-19-16-28(17-20(2)33-19)34(30,31)24-9-7-21(8-10-24)25(29)26-15-22-5-3-4-6-23(22)18-27-11-13-32-14-12-27/h3-10,19-20H,11-18H2,1-2H3,(H,26,29)/t19-,20+. The lowest BCUT2D eigenvalue weighted by atomic mass is 10.1. The maximum absolute atomic E-state index is 13.0. The van der Waals surface area contributed by atoms with Gasteiger partial charge >= 0.3 is 0 Å². The Hall–Kier alpha value is -2.30. The number of carbonyl (C=O) groups is 1. The Balaban J connectivity index is 1.38. The van der Waals surface area contributed by atoms with Gasteiger partial charge in [0, 0.05) is 44.8 Å². The summed E-state index contributed by atoms with van der Waals surface area (Å²) in [7, 11) is -3.64. The molecule has 0 radical (unpaired) electrons. The first kappa shape index (κ1) is 24.8. The number of sulfonamides is 1. The lowest BCUT2D eigenvalue weighted by molar-refractivity contribution is -0.0440. The van der Waals surface area contributed by atoms with Crippen molar-refractivity contribution in [3.63, 3.8) is 0 Å². The summed E-state index contributed by atoms with van der Waals surface area (Å²) in [5.74, 6) is -0.237. The molecule has 8 nitrogen and oxygen atoms in total. The number of nitrogens with one attached hydrogen (secondary N) is 1. The van der Waals surface area contributed by atoms with E-state index in [0.29, 0.717) is 25.2 Å². The van der Waals surface area contributed by atoms with Crippen molar-refractivity contribution in [2.45, 2.75) is 44.0 Å². The molecule has 2 aliphatic heterocycles. The summed E-state index contributed by atoms with van der Waals surface area (Å²) in [6, 6.07) is 14.2. The summed E-state index contributed by atoms with van der Waals surface area (Å²) in [5, 5.41) is 2.97. The summed E-state index contributed by atoms with van der Waals surface area (Å²) < 4.78 is 38.6. The van der Waals surface area contributed by atoms with Crippen LogP contribution in [0, 0.1) is 0 Å². The van der Waals surface area contributed by atoms with Crippen LogP contribution in [0.15, 0.2) is 53.4 Å². The first-order valence-electron chi connectivity index (χ1n) is 11.7. The first-order valence-corrected chi connectivity index (χ1v) is 13.2. The third-order valence-corrected chi connectivity index (χ3v) is 8.04. The number of nitrogens with zero attached hydrogens (tertiary/aromatic N) is 2. The van der Waals surface area contributed by atoms with Crippen molar-refractivity contribution in [3.8, 4) is 0 Å². The molecule has 184 valence electrons. The van der Waals surface area contributed by atoms with E-state index in [9.17, 15) is 13.2 Å². The van der Waals surface area contributed by atoms with Crippen LogP contribution in [-0.2, 0) is 32.6 Å². The van der Waals surface area contributed by atoms with Crippen molar-refractivity contribution < 1.29 is 22.7 Å². The molecule has 2 saturated heterocycles. The summed E-state index contributed by atoms with van der Waals surface area (Å²) in [5.41, 5.74) is 2.67. The average molecular weight is 488 g/mol. The molecule has 0 aliphatic carbocycles. The number of ether oxygens (including phenoxy) is 2. The molecule has 4 rings (SSSR count). The summed E-state index contributed by atoms with van der Waals surface area (Å²) in [4.78, 5) is 15.3. The molecule has 2 aromatic rings. The van der Waals surface area contributed by atoms with E-state index in [2.05, 4.69) is 16.3 Å². The topological polar surface area (TPSA) is 88.2 Å². The minimum atomic E-state index is -3.64. The van der Waals surface area contributed by atoms with Gasteiger partial charge in [0.25, 0.3) is 5.91 Å². The molecule has 0 bridgehead atoms. The van der Waals surface area contributed by atoms with Crippen molar-refractivity contribution in [1.82, 2.24) is 14.5 Å². The lowest BCUT2D eigenvalue weighted by Crippen LogP contribution is -2.48. The van der Waals surface area contributed by atoms with E-state index in [1.807, 2.05) is 32.0 Å². The summed E-state index contributed by atoms with van der Waals surface area (Å²) >= 11 is 0. The molecule has 2 aromatic carbocycles. The highest BCUT2D eigenvalue weighted by Crippen LogP contribution is 2.21. The molecule has 2 atom stereocenters. The van der Waals surface area contributed by atoms with E-state index < -0.39 is 10.0 Å². The molecule has 0 aromatic heterocycles. The molecule has 0 saturated carbocycles. The van der Waals surface area contributed by atoms with E-state index in [-0.39, 0.29) is 23.0 Å². The second-order valence-electron chi connectivity index (χ2n) is 8.94. The van der Waals surface area contributed by atoms with Crippen LogP contribution in [0.25, 0.3) is 0 Å². The number of benzene rings is 2. The second-order valence-corrected chi connectivity index (χ2v) is 10.9. The quantitative estimate of drug-likeness (QED) is 0.645. The van der Waals surface area contributed by atoms with Crippen molar-refractivity contribution in [3.05, 3.63) is 65.2 Å². The molecular weight excluding hydrogens is 454 g/mol. The molecule has 0 unspecified atom stereocenters. The van der Waals surface area contributed by atoms with Gasteiger partial charge in [-0.05, 0) is 49.2 Å². The highest BCUT2D eigenvalue weighted by atomic mass is 32.2. The van der Waals surface area contributed by atoms with Gasteiger partial charge in [-0.2, -0.15) is 4.31 Å². The minimum Gasteiger partial charge on any atom is -0.379 e. The van der Waals surface area contributed by atoms with Gasteiger partial charge in [0.05, 0.1) is 30.3 Å². The van der Waals surface area contributed by atoms with Crippen LogP contribution in [-0.4, -0.2) is 75.1 Å². The van der Waals surface area contributed by atoms with Crippen LogP contribution in [0.1, 0.15) is 35.3 Å². The molecule has 0 spiro atoms. The molecule has 1 N–H and O–H groups in total. The van der Waals surface area contributed by atoms with E-state index in [1.165, 1.54) is 22.0 Å². The number of morpholine rings is 2. The fraction of sp³-hybridized carbons (Fsp3) is 0.480. The van der Waals surface area contributed by atoms with E-state index in [1.54, 1.807) is 12.1 Å². The van der Waals surface area contributed by atoms with Gasteiger partial charge in [-0.25, -0.2) is 8.42 Å². The summed E-state index contributed by atoms with van der Waals surface area (Å²) in [6.07, 6.45) is -0.315. The summed E-state index contributed by atoms with van der Waals surface area (Å²) in [6.45, 7) is 8.88. The zero-order valence-corrected chi connectivity index (χ0v) is 20.6. The van der Waals surface area contributed by atoms with Gasteiger partial charge in [0.2, 0.25) is 10.0 Å². The minimum absolute atomic E-state index is 0.158. The number of hydrogen-bond donors (Lipinski definition) is 1. The van der Waals surface area contributed by atoms with Crippen molar-refractivity contribution >= 4 is 15.9 Å². The van der Waals surface area contributed by atoms with Gasteiger partial charge in [-0.3, -0.25) is 9.69 Å². The van der Waals surface area contributed by atoms with E-state index in [4.69, 9.17) is 9.47 Å². The maximum Gasteiger partial charge on any atom is 0.251 e. The van der Waals surface area contributed by atoms with E-state index in [0.717, 1.165) is 38.4 Å². The smallest absolute Gasteiger partial charge is 0.251 e. The van der Waals surface area contributed by atoms with Gasteiger partial charge < -0.3 is 14.8 Å². The first-order chi connectivity index (χ1) is 16.3. The van der Waals surface area contributed by atoms with Crippen LogP contribution in [0.2, 0.25) is 0 Å². The third kappa shape index (κ3) is 6.03.